The Balaban J connectivity index is 1.42. The van der Waals surface area contributed by atoms with Crippen LogP contribution in [-0.2, 0) is 30.2 Å². The minimum Gasteiger partial charge on any atom is -0.460 e. The average Bonchev–Trinajstić information content (AvgIpc) is 3.64. The van der Waals surface area contributed by atoms with Gasteiger partial charge in [-0.2, -0.15) is 0 Å². The summed E-state index contributed by atoms with van der Waals surface area (Å²) < 4.78 is 24.3. The van der Waals surface area contributed by atoms with Crippen LogP contribution < -0.4 is 5.73 Å². The first-order chi connectivity index (χ1) is 16.1. The van der Waals surface area contributed by atoms with E-state index < -0.39 is 0 Å². The van der Waals surface area contributed by atoms with Gasteiger partial charge in [-0.25, -0.2) is 0 Å². The van der Waals surface area contributed by atoms with Crippen LogP contribution in [0.2, 0.25) is 0 Å². The molecule has 9 heteroatoms. The molecule has 2 saturated heterocycles. The fourth-order valence-corrected chi connectivity index (χ4v) is 6.32. The highest BCUT2D eigenvalue weighted by molar-refractivity contribution is 7.15. The van der Waals surface area contributed by atoms with Crippen LogP contribution in [0, 0.1) is 17.8 Å². The van der Waals surface area contributed by atoms with E-state index in [4.69, 9.17) is 24.7 Å². The Morgan fingerprint density at radius 1 is 1.35 bits per heavy atom. The largest absolute Gasteiger partial charge is 0.460 e. The number of rotatable bonds is 10. The number of carbonyl (C=O) groups is 1. The molecule has 3 heterocycles. The third-order valence-electron chi connectivity index (χ3n) is 7.81. The van der Waals surface area contributed by atoms with Crippen molar-refractivity contribution < 1.29 is 23.7 Å². The highest BCUT2D eigenvalue weighted by Crippen LogP contribution is 2.59. The number of esters is 1. The van der Waals surface area contributed by atoms with Crippen LogP contribution in [0.3, 0.4) is 0 Å². The Hall–Kier alpha value is -1.55. The molecule has 2 aliphatic heterocycles. The average molecular weight is 494 g/mol. The molecule has 0 unspecified atom stereocenters. The molecule has 8 nitrogen and oxygen atoms in total. The van der Waals surface area contributed by atoms with E-state index in [2.05, 4.69) is 50.9 Å². The molecule has 7 atom stereocenters. The van der Waals surface area contributed by atoms with E-state index in [0.29, 0.717) is 30.5 Å². The molecule has 0 bridgehead atoms. The van der Waals surface area contributed by atoms with Crippen molar-refractivity contribution in [3.8, 4) is 0 Å². The van der Waals surface area contributed by atoms with E-state index in [1.807, 2.05) is 0 Å². The van der Waals surface area contributed by atoms with E-state index in [9.17, 15) is 4.79 Å². The van der Waals surface area contributed by atoms with Gasteiger partial charge in [0.15, 0.2) is 0 Å². The third-order valence-corrected chi connectivity index (χ3v) is 8.59. The number of nitrogen functional groups attached to an aromatic ring is 1. The van der Waals surface area contributed by atoms with Gasteiger partial charge in [0.2, 0.25) is 5.13 Å². The molecule has 1 aromatic rings. The zero-order valence-corrected chi connectivity index (χ0v) is 22.0. The molecule has 3 aliphatic rings. The number of nitrogens with zero attached hydrogens (tertiary/aromatic N) is 2. The van der Waals surface area contributed by atoms with Crippen LogP contribution in [0.15, 0.2) is 11.6 Å². The van der Waals surface area contributed by atoms with Crippen LogP contribution in [0.5, 0.6) is 0 Å². The van der Waals surface area contributed by atoms with Crippen molar-refractivity contribution in [2.75, 3.05) is 19.5 Å². The normalized spacial score (nSPS) is 35.3. The minimum absolute atomic E-state index is 0.0253. The Morgan fingerprint density at radius 2 is 2.09 bits per heavy atom. The molecular formula is C25H39N3O5S. The second-order valence-corrected chi connectivity index (χ2v) is 11.9. The second kappa shape index (κ2) is 9.84. The maximum Gasteiger partial charge on any atom is 0.306 e. The Labute approximate surface area is 206 Å². The van der Waals surface area contributed by atoms with Crippen LogP contribution in [-0.4, -0.2) is 59.4 Å². The molecule has 1 aliphatic carbocycles. The lowest BCUT2D eigenvalue weighted by Gasteiger charge is -2.42. The van der Waals surface area contributed by atoms with E-state index in [-0.39, 0.29) is 47.3 Å². The molecule has 4 rings (SSSR count). The molecule has 0 radical (unpaired) electrons. The SMILES string of the molecule is CO[C@@H]1[C@H](OC(=O)C[C@@H](Cc2nnc(N)s2)C(C)C)CC[C@]2(CO2)[C@H]1[C@@]1(C)O[C@@H]1CC=C(C)C. The maximum absolute atomic E-state index is 13.1. The van der Waals surface area contributed by atoms with Crippen LogP contribution >= 0.6 is 11.3 Å². The van der Waals surface area contributed by atoms with Crippen molar-refractivity contribution in [3.05, 3.63) is 16.7 Å². The molecule has 0 aromatic carbocycles. The molecule has 0 amide bonds. The summed E-state index contributed by atoms with van der Waals surface area (Å²) in [5, 5.41) is 9.32. The number of epoxide rings is 2. The number of aromatic nitrogens is 2. The van der Waals surface area contributed by atoms with E-state index in [1.165, 1.54) is 16.9 Å². The second-order valence-electron chi connectivity index (χ2n) is 10.9. The van der Waals surface area contributed by atoms with Crippen molar-refractivity contribution in [2.45, 2.75) is 96.2 Å². The summed E-state index contributed by atoms with van der Waals surface area (Å²) in [5.41, 5.74) is 6.44. The van der Waals surface area contributed by atoms with Gasteiger partial charge < -0.3 is 24.7 Å². The van der Waals surface area contributed by atoms with Crippen molar-refractivity contribution >= 4 is 22.4 Å². The van der Waals surface area contributed by atoms with Gasteiger partial charge in [-0.15, -0.1) is 10.2 Å². The summed E-state index contributed by atoms with van der Waals surface area (Å²) in [4.78, 5) is 13.1. The summed E-state index contributed by atoms with van der Waals surface area (Å²) >= 11 is 1.37. The van der Waals surface area contributed by atoms with Gasteiger partial charge >= 0.3 is 5.97 Å². The van der Waals surface area contributed by atoms with Gasteiger partial charge in [0.25, 0.3) is 0 Å². The first-order valence-electron chi connectivity index (χ1n) is 12.3. The number of ether oxygens (including phenoxy) is 4. The zero-order chi connectivity index (χ0) is 24.7. The van der Waals surface area contributed by atoms with Gasteiger partial charge in [-0.3, -0.25) is 4.79 Å². The fraction of sp³-hybridized carbons (Fsp3) is 0.800. The van der Waals surface area contributed by atoms with Crippen LogP contribution in [0.25, 0.3) is 0 Å². The fourth-order valence-electron chi connectivity index (χ4n) is 5.62. The smallest absolute Gasteiger partial charge is 0.306 e. The molecule has 2 N–H and O–H groups in total. The monoisotopic (exact) mass is 493 g/mol. The van der Waals surface area contributed by atoms with Gasteiger partial charge in [-0.05, 0) is 51.9 Å². The van der Waals surface area contributed by atoms with Gasteiger partial charge in [0, 0.05) is 20.0 Å². The molecule has 1 saturated carbocycles. The molecular weight excluding hydrogens is 454 g/mol. The zero-order valence-electron chi connectivity index (χ0n) is 21.2. The van der Waals surface area contributed by atoms with Crippen molar-refractivity contribution in [2.24, 2.45) is 17.8 Å². The summed E-state index contributed by atoms with van der Waals surface area (Å²) in [7, 11) is 1.70. The molecule has 1 spiro atoms. The number of hydrogen-bond acceptors (Lipinski definition) is 9. The number of hydrogen-bond donors (Lipinski definition) is 1. The predicted molar refractivity (Wildman–Crippen MR) is 130 cm³/mol. The highest BCUT2D eigenvalue weighted by Gasteiger charge is 2.72. The van der Waals surface area contributed by atoms with Crippen LogP contribution in [0.4, 0.5) is 5.13 Å². The highest BCUT2D eigenvalue weighted by atomic mass is 32.1. The predicted octanol–water partition coefficient (Wildman–Crippen LogP) is 3.94. The first kappa shape index (κ1) is 25.5. The Morgan fingerprint density at radius 3 is 2.65 bits per heavy atom. The van der Waals surface area contributed by atoms with Gasteiger partial charge in [-0.1, -0.05) is 36.8 Å². The summed E-state index contributed by atoms with van der Waals surface area (Å²) in [6, 6.07) is 0. The topological polar surface area (TPSA) is 112 Å². The Bertz CT molecular complexity index is 910. The molecule has 1 aromatic heterocycles. The third kappa shape index (κ3) is 5.32. The lowest BCUT2D eigenvalue weighted by Crippen LogP contribution is -2.55. The van der Waals surface area contributed by atoms with E-state index >= 15 is 0 Å². The minimum atomic E-state index is -0.341. The summed E-state index contributed by atoms with van der Waals surface area (Å²) in [6.45, 7) is 11.3. The van der Waals surface area contributed by atoms with E-state index in [1.54, 1.807) is 7.11 Å². The number of anilines is 1. The number of nitrogens with two attached hydrogens (primary N) is 1. The van der Waals surface area contributed by atoms with Crippen molar-refractivity contribution in [1.29, 1.82) is 0 Å². The number of allylic oxidation sites excluding steroid dienone is 1. The lowest BCUT2D eigenvalue weighted by atomic mass is 9.68. The standard InChI is InChI=1S/C25H39N3O5S/c1-14(2)7-8-18-24(5,33-18)22-21(30-6)17(9-10-25(22)13-31-25)32-20(29)12-16(15(3)4)11-19-27-28-23(26)34-19/h7,15-18,21-22H,8-13H2,1-6H3,(H2,26,28)/t16-,17-,18-,21-,22-,24+,25+/m1/s1. The summed E-state index contributed by atoms with van der Waals surface area (Å²) in [5.74, 6) is 0.235. The quantitative estimate of drug-likeness (QED) is 0.296. The molecule has 34 heavy (non-hydrogen) atoms. The van der Waals surface area contributed by atoms with Gasteiger partial charge in [0.05, 0.1) is 18.6 Å². The first-order valence-corrected chi connectivity index (χ1v) is 13.1. The number of methoxy groups -OCH3 is 1. The van der Waals surface area contributed by atoms with Crippen molar-refractivity contribution in [1.82, 2.24) is 10.2 Å². The number of carbonyl (C=O) groups excluding carboxylic acids is 1. The Kier molecular flexibility index (Phi) is 7.39. The van der Waals surface area contributed by atoms with Crippen LogP contribution in [0.1, 0.15) is 65.3 Å². The lowest BCUT2D eigenvalue weighted by molar-refractivity contribution is -0.173. The maximum atomic E-state index is 13.1. The van der Waals surface area contributed by atoms with E-state index in [0.717, 1.165) is 24.3 Å². The van der Waals surface area contributed by atoms with Crippen molar-refractivity contribution in [3.63, 3.8) is 0 Å². The van der Waals surface area contributed by atoms with Gasteiger partial charge in [0.1, 0.15) is 28.4 Å². The summed E-state index contributed by atoms with van der Waals surface area (Å²) in [6.07, 6.45) is 5.22. The molecule has 190 valence electrons. The molecule has 3 fully saturated rings.